The fourth-order valence-corrected chi connectivity index (χ4v) is 2.47. The van der Waals surface area contributed by atoms with Gasteiger partial charge in [0.15, 0.2) is 0 Å². The predicted molar refractivity (Wildman–Crippen MR) is 65.2 cm³/mol. The lowest BCUT2D eigenvalue weighted by Gasteiger charge is -2.12. The van der Waals surface area contributed by atoms with Crippen LogP contribution in [0, 0.1) is 0 Å². The van der Waals surface area contributed by atoms with Gasteiger partial charge in [-0.25, -0.2) is 0 Å². The normalized spacial score (nSPS) is 12.9. The summed E-state index contributed by atoms with van der Waals surface area (Å²) in [4.78, 5) is 1.16. The lowest BCUT2D eigenvalue weighted by molar-refractivity contribution is 0.641. The van der Waals surface area contributed by atoms with Crippen LogP contribution in [0.5, 0.6) is 0 Å². The Kier molecular flexibility index (Phi) is 4.79. The van der Waals surface area contributed by atoms with Crippen molar-refractivity contribution in [2.24, 2.45) is 5.73 Å². The highest BCUT2D eigenvalue weighted by Gasteiger charge is 2.08. The Bertz CT molecular complexity index is 301. The van der Waals surface area contributed by atoms with Gasteiger partial charge < -0.3 is 5.73 Å². The number of rotatable bonds is 4. The van der Waals surface area contributed by atoms with Gasteiger partial charge in [-0.3, -0.25) is 0 Å². The Morgan fingerprint density at radius 3 is 2.79 bits per heavy atom. The summed E-state index contributed by atoms with van der Waals surface area (Å²) in [6.07, 6.45) is 3.95. The number of hydrogen-bond acceptors (Lipinski definition) is 2. The SMILES string of the molecule is CCC(N)Cc1cccc(Cl)c1SC. The van der Waals surface area contributed by atoms with E-state index in [1.807, 2.05) is 18.4 Å². The molecule has 1 unspecified atom stereocenters. The molecule has 0 aliphatic carbocycles. The molecule has 0 saturated carbocycles. The number of hydrogen-bond donors (Lipinski definition) is 1. The van der Waals surface area contributed by atoms with E-state index in [1.165, 1.54) is 5.56 Å². The van der Waals surface area contributed by atoms with E-state index in [-0.39, 0.29) is 6.04 Å². The summed E-state index contributed by atoms with van der Waals surface area (Å²) in [5.74, 6) is 0. The Hall–Kier alpha value is -0.180. The molecule has 0 radical (unpaired) electrons. The quantitative estimate of drug-likeness (QED) is 0.802. The summed E-state index contributed by atoms with van der Waals surface area (Å²) >= 11 is 7.78. The van der Waals surface area contributed by atoms with Crippen LogP contribution in [0.25, 0.3) is 0 Å². The molecule has 0 saturated heterocycles. The van der Waals surface area contributed by atoms with Crippen molar-refractivity contribution in [1.29, 1.82) is 0 Å². The highest BCUT2D eigenvalue weighted by atomic mass is 35.5. The maximum Gasteiger partial charge on any atom is 0.0544 e. The van der Waals surface area contributed by atoms with Crippen molar-refractivity contribution in [3.63, 3.8) is 0 Å². The standard InChI is InChI=1S/C11H16ClNS/c1-3-9(13)7-8-5-4-6-10(12)11(8)14-2/h4-6,9H,3,7,13H2,1-2H3. The summed E-state index contributed by atoms with van der Waals surface area (Å²) in [6, 6.07) is 6.25. The minimum atomic E-state index is 0.236. The molecule has 0 aliphatic heterocycles. The fraction of sp³-hybridized carbons (Fsp3) is 0.455. The molecule has 0 bridgehead atoms. The third kappa shape index (κ3) is 2.91. The minimum Gasteiger partial charge on any atom is -0.327 e. The zero-order chi connectivity index (χ0) is 10.6. The van der Waals surface area contributed by atoms with E-state index in [9.17, 15) is 0 Å². The van der Waals surface area contributed by atoms with Crippen LogP contribution in [-0.2, 0) is 6.42 Å². The van der Waals surface area contributed by atoms with E-state index in [0.29, 0.717) is 0 Å². The number of halogens is 1. The van der Waals surface area contributed by atoms with Gasteiger partial charge in [0.1, 0.15) is 0 Å². The highest BCUT2D eigenvalue weighted by Crippen LogP contribution is 2.29. The van der Waals surface area contributed by atoms with Crippen LogP contribution in [0.1, 0.15) is 18.9 Å². The van der Waals surface area contributed by atoms with Gasteiger partial charge in [0.2, 0.25) is 0 Å². The molecule has 78 valence electrons. The van der Waals surface area contributed by atoms with Crippen molar-refractivity contribution < 1.29 is 0 Å². The van der Waals surface area contributed by atoms with E-state index in [2.05, 4.69) is 13.0 Å². The molecular weight excluding hydrogens is 214 g/mol. The van der Waals surface area contributed by atoms with E-state index in [0.717, 1.165) is 22.8 Å². The van der Waals surface area contributed by atoms with Crippen LogP contribution >= 0.6 is 23.4 Å². The molecule has 2 N–H and O–H groups in total. The molecule has 0 amide bonds. The Labute approximate surface area is 95.0 Å². The monoisotopic (exact) mass is 229 g/mol. The van der Waals surface area contributed by atoms with Gasteiger partial charge in [0, 0.05) is 10.9 Å². The first-order valence-electron chi connectivity index (χ1n) is 4.76. The van der Waals surface area contributed by atoms with Gasteiger partial charge in [-0.05, 0) is 30.7 Å². The highest BCUT2D eigenvalue weighted by molar-refractivity contribution is 7.98. The molecule has 1 aromatic rings. The summed E-state index contributed by atoms with van der Waals surface area (Å²) < 4.78 is 0. The number of nitrogens with two attached hydrogens (primary N) is 1. The molecule has 1 nitrogen and oxygen atoms in total. The Morgan fingerprint density at radius 2 is 2.21 bits per heavy atom. The number of benzene rings is 1. The molecule has 0 fully saturated rings. The van der Waals surface area contributed by atoms with Crippen molar-refractivity contribution >= 4 is 23.4 Å². The molecule has 0 spiro atoms. The van der Waals surface area contributed by atoms with Gasteiger partial charge in [-0.15, -0.1) is 11.8 Å². The summed E-state index contributed by atoms with van der Waals surface area (Å²) in [5.41, 5.74) is 7.19. The third-order valence-electron chi connectivity index (χ3n) is 2.26. The van der Waals surface area contributed by atoms with E-state index < -0.39 is 0 Å². The average molecular weight is 230 g/mol. The zero-order valence-electron chi connectivity index (χ0n) is 8.59. The first kappa shape index (κ1) is 11.9. The minimum absolute atomic E-state index is 0.236. The topological polar surface area (TPSA) is 26.0 Å². The van der Waals surface area contributed by atoms with Crippen molar-refractivity contribution in [3.8, 4) is 0 Å². The first-order valence-corrected chi connectivity index (χ1v) is 6.36. The molecule has 0 aromatic heterocycles. The maximum absolute atomic E-state index is 6.09. The van der Waals surface area contributed by atoms with Gasteiger partial charge in [0.05, 0.1) is 5.02 Å². The van der Waals surface area contributed by atoms with Crippen LogP contribution in [0.3, 0.4) is 0 Å². The number of thioether (sulfide) groups is 1. The molecule has 3 heteroatoms. The zero-order valence-corrected chi connectivity index (χ0v) is 10.2. The summed E-state index contributed by atoms with van der Waals surface area (Å²) in [6.45, 7) is 2.11. The van der Waals surface area contributed by atoms with E-state index >= 15 is 0 Å². The van der Waals surface area contributed by atoms with Crippen LogP contribution < -0.4 is 5.73 Å². The first-order chi connectivity index (χ1) is 6.69. The Balaban J connectivity index is 2.90. The van der Waals surface area contributed by atoms with Gasteiger partial charge in [-0.1, -0.05) is 30.7 Å². The van der Waals surface area contributed by atoms with Gasteiger partial charge in [-0.2, -0.15) is 0 Å². The molecular formula is C11H16ClNS. The van der Waals surface area contributed by atoms with Crippen molar-refractivity contribution in [1.82, 2.24) is 0 Å². The predicted octanol–water partition coefficient (Wildman–Crippen LogP) is 3.34. The van der Waals surface area contributed by atoms with Crippen LogP contribution in [0.15, 0.2) is 23.1 Å². The maximum atomic E-state index is 6.09. The fourth-order valence-electron chi connectivity index (χ4n) is 1.37. The second-order valence-electron chi connectivity index (χ2n) is 3.30. The summed E-state index contributed by atoms with van der Waals surface area (Å²) in [5, 5.41) is 0.832. The Morgan fingerprint density at radius 1 is 1.50 bits per heavy atom. The second kappa shape index (κ2) is 5.64. The molecule has 0 aliphatic rings. The smallest absolute Gasteiger partial charge is 0.0544 e. The molecule has 1 rings (SSSR count). The molecule has 1 atom stereocenters. The average Bonchev–Trinajstić information content (AvgIpc) is 2.18. The molecule has 14 heavy (non-hydrogen) atoms. The van der Waals surface area contributed by atoms with E-state index in [1.54, 1.807) is 11.8 Å². The lowest BCUT2D eigenvalue weighted by Crippen LogP contribution is -2.21. The van der Waals surface area contributed by atoms with Gasteiger partial charge in [0.25, 0.3) is 0 Å². The van der Waals surface area contributed by atoms with Gasteiger partial charge >= 0.3 is 0 Å². The third-order valence-corrected chi connectivity index (χ3v) is 3.58. The van der Waals surface area contributed by atoms with Crippen LogP contribution in [-0.4, -0.2) is 12.3 Å². The van der Waals surface area contributed by atoms with Crippen molar-refractivity contribution in [3.05, 3.63) is 28.8 Å². The van der Waals surface area contributed by atoms with Crippen molar-refractivity contribution in [2.45, 2.75) is 30.7 Å². The summed E-state index contributed by atoms with van der Waals surface area (Å²) in [7, 11) is 0. The van der Waals surface area contributed by atoms with Crippen LogP contribution in [0.2, 0.25) is 5.02 Å². The lowest BCUT2D eigenvalue weighted by atomic mass is 10.0. The van der Waals surface area contributed by atoms with Crippen molar-refractivity contribution in [2.75, 3.05) is 6.26 Å². The van der Waals surface area contributed by atoms with Crippen LogP contribution in [0.4, 0.5) is 0 Å². The van der Waals surface area contributed by atoms with E-state index in [4.69, 9.17) is 17.3 Å². The second-order valence-corrected chi connectivity index (χ2v) is 4.53. The molecule has 0 heterocycles. The molecule has 1 aromatic carbocycles. The largest absolute Gasteiger partial charge is 0.327 e.